The Morgan fingerprint density at radius 1 is 1.21 bits per heavy atom. The van der Waals surface area contributed by atoms with Gasteiger partial charge >= 0.3 is 0 Å². The highest BCUT2D eigenvalue weighted by Crippen LogP contribution is 2.19. The average Bonchev–Trinajstić information content (AvgIpc) is 2.39. The van der Waals surface area contributed by atoms with Crippen LogP contribution in [0.15, 0.2) is 18.2 Å². The first-order valence-corrected chi connectivity index (χ1v) is 7.06. The molecule has 0 aromatic heterocycles. The number of nitrogens with one attached hydrogen (secondary N) is 1. The summed E-state index contributed by atoms with van der Waals surface area (Å²) in [6.45, 7) is 9.45. The summed E-state index contributed by atoms with van der Waals surface area (Å²) >= 11 is 0. The van der Waals surface area contributed by atoms with Gasteiger partial charge in [-0.1, -0.05) is 30.7 Å². The van der Waals surface area contributed by atoms with Gasteiger partial charge in [0, 0.05) is 7.11 Å². The van der Waals surface area contributed by atoms with Crippen molar-refractivity contribution in [2.45, 2.75) is 33.2 Å². The maximum atomic E-state index is 5.69. The van der Waals surface area contributed by atoms with Crippen LogP contribution in [0.3, 0.4) is 0 Å². The van der Waals surface area contributed by atoms with E-state index in [9.17, 15) is 0 Å². The molecule has 0 aliphatic carbocycles. The summed E-state index contributed by atoms with van der Waals surface area (Å²) in [7, 11) is 1.69. The summed E-state index contributed by atoms with van der Waals surface area (Å²) in [6, 6.07) is 6.86. The molecule has 0 aliphatic rings. The smallest absolute Gasteiger partial charge is 0.0701 e. The van der Waals surface area contributed by atoms with Crippen molar-refractivity contribution in [1.82, 2.24) is 5.32 Å². The van der Waals surface area contributed by atoms with Crippen molar-refractivity contribution in [2.24, 2.45) is 0 Å². The summed E-state index contributed by atoms with van der Waals surface area (Å²) in [5.74, 6) is 0. The van der Waals surface area contributed by atoms with Crippen LogP contribution in [0.4, 0.5) is 0 Å². The van der Waals surface area contributed by atoms with Crippen molar-refractivity contribution in [3.8, 4) is 0 Å². The van der Waals surface area contributed by atoms with Gasteiger partial charge in [0.25, 0.3) is 0 Å². The van der Waals surface area contributed by atoms with Crippen molar-refractivity contribution in [1.29, 1.82) is 0 Å². The molecule has 0 saturated heterocycles. The summed E-state index contributed by atoms with van der Waals surface area (Å²) < 4.78 is 10.7. The lowest BCUT2D eigenvalue weighted by Gasteiger charge is -2.21. The zero-order valence-corrected chi connectivity index (χ0v) is 12.7. The van der Waals surface area contributed by atoms with Gasteiger partial charge in [0.1, 0.15) is 0 Å². The average molecular weight is 265 g/mol. The number of methoxy groups -OCH3 is 1. The van der Waals surface area contributed by atoms with E-state index >= 15 is 0 Å². The number of benzene rings is 1. The van der Waals surface area contributed by atoms with E-state index in [0.29, 0.717) is 19.8 Å². The Balaban J connectivity index is 2.66. The number of ether oxygens (including phenoxy) is 2. The Morgan fingerprint density at radius 2 is 2.00 bits per heavy atom. The topological polar surface area (TPSA) is 30.5 Å². The second kappa shape index (κ2) is 9.08. The monoisotopic (exact) mass is 265 g/mol. The molecule has 0 fully saturated rings. The molecule has 3 heteroatoms. The molecule has 0 radical (unpaired) electrons. The van der Waals surface area contributed by atoms with Crippen molar-refractivity contribution in [2.75, 3.05) is 33.5 Å². The van der Waals surface area contributed by atoms with Gasteiger partial charge in [-0.2, -0.15) is 0 Å². The largest absolute Gasteiger partial charge is 0.382 e. The fraction of sp³-hybridized carbons (Fsp3) is 0.625. The van der Waals surface area contributed by atoms with Crippen LogP contribution in [0, 0.1) is 13.8 Å². The summed E-state index contributed by atoms with van der Waals surface area (Å²) in [4.78, 5) is 0. The minimum Gasteiger partial charge on any atom is -0.382 e. The number of hydrogen-bond donors (Lipinski definition) is 1. The molecule has 0 bridgehead atoms. The zero-order valence-electron chi connectivity index (χ0n) is 12.7. The molecule has 1 N–H and O–H groups in total. The second-order valence-corrected chi connectivity index (χ2v) is 4.93. The van der Waals surface area contributed by atoms with Gasteiger partial charge in [-0.05, 0) is 37.9 Å². The lowest BCUT2D eigenvalue weighted by Crippen LogP contribution is -2.27. The van der Waals surface area contributed by atoms with Gasteiger partial charge in [0.15, 0.2) is 0 Å². The Morgan fingerprint density at radius 3 is 2.63 bits per heavy atom. The quantitative estimate of drug-likeness (QED) is 0.696. The maximum absolute atomic E-state index is 5.69. The van der Waals surface area contributed by atoms with E-state index in [-0.39, 0.29) is 6.04 Å². The van der Waals surface area contributed by atoms with E-state index in [0.717, 1.165) is 13.0 Å². The SMILES string of the molecule is CCCNC(COCCOC)c1ccc(C)cc1C. The van der Waals surface area contributed by atoms with Crippen LogP contribution in [0.1, 0.15) is 36.1 Å². The van der Waals surface area contributed by atoms with Crippen LogP contribution in [-0.4, -0.2) is 33.5 Å². The number of aryl methyl sites for hydroxylation is 2. The van der Waals surface area contributed by atoms with Crippen LogP contribution < -0.4 is 5.32 Å². The first kappa shape index (κ1) is 16.2. The molecule has 1 rings (SSSR count). The van der Waals surface area contributed by atoms with Gasteiger partial charge in [-0.3, -0.25) is 0 Å². The van der Waals surface area contributed by atoms with Gasteiger partial charge in [0.2, 0.25) is 0 Å². The molecule has 0 aliphatic heterocycles. The Bertz CT molecular complexity index is 366. The minimum atomic E-state index is 0.261. The lowest BCUT2D eigenvalue weighted by atomic mass is 9.99. The van der Waals surface area contributed by atoms with E-state index < -0.39 is 0 Å². The summed E-state index contributed by atoms with van der Waals surface area (Å²) in [5, 5.41) is 3.56. The predicted octanol–water partition coefficient (Wildman–Crippen LogP) is 3.01. The van der Waals surface area contributed by atoms with Crippen LogP contribution in [0.2, 0.25) is 0 Å². The molecule has 0 heterocycles. The number of rotatable bonds is 9. The van der Waals surface area contributed by atoms with Gasteiger partial charge < -0.3 is 14.8 Å². The molecule has 108 valence electrons. The molecule has 1 unspecified atom stereocenters. The molecular formula is C16H27NO2. The highest BCUT2D eigenvalue weighted by molar-refractivity contribution is 5.32. The van der Waals surface area contributed by atoms with Gasteiger partial charge in [-0.25, -0.2) is 0 Å². The highest BCUT2D eigenvalue weighted by atomic mass is 16.5. The Labute approximate surface area is 117 Å². The molecule has 3 nitrogen and oxygen atoms in total. The predicted molar refractivity (Wildman–Crippen MR) is 79.6 cm³/mol. The Kier molecular flexibility index (Phi) is 7.72. The zero-order chi connectivity index (χ0) is 14.1. The first-order chi connectivity index (χ1) is 9.19. The summed E-state index contributed by atoms with van der Waals surface area (Å²) in [5.41, 5.74) is 3.95. The Hall–Kier alpha value is -0.900. The third-order valence-corrected chi connectivity index (χ3v) is 3.16. The van der Waals surface area contributed by atoms with Crippen LogP contribution >= 0.6 is 0 Å². The van der Waals surface area contributed by atoms with E-state index in [1.807, 2.05) is 0 Å². The van der Waals surface area contributed by atoms with E-state index in [1.165, 1.54) is 16.7 Å². The fourth-order valence-corrected chi connectivity index (χ4v) is 2.14. The molecule has 19 heavy (non-hydrogen) atoms. The van der Waals surface area contributed by atoms with Crippen molar-refractivity contribution in [3.63, 3.8) is 0 Å². The van der Waals surface area contributed by atoms with E-state index in [1.54, 1.807) is 7.11 Å². The molecule has 1 aromatic rings. The molecule has 1 aromatic carbocycles. The van der Waals surface area contributed by atoms with Crippen LogP contribution in [0.25, 0.3) is 0 Å². The molecule has 0 amide bonds. The molecule has 0 spiro atoms. The molecule has 0 saturated carbocycles. The molecule has 1 atom stereocenters. The molecular weight excluding hydrogens is 238 g/mol. The first-order valence-electron chi connectivity index (χ1n) is 7.06. The third-order valence-electron chi connectivity index (χ3n) is 3.16. The number of hydrogen-bond acceptors (Lipinski definition) is 3. The van der Waals surface area contributed by atoms with E-state index in [2.05, 4.69) is 44.3 Å². The van der Waals surface area contributed by atoms with Crippen LogP contribution in [0.5, 0.6) is 0 Å². The van der Waals surface area contributed by atoms with Crippen molar-refractivity contribution < 1.29 is 9.47 Å². The fourth-order valence-electron chi connectivity index (χ4n) is 2.14. The maximum Gasteiger partial charge on any atom is 0.0701 e. The minimum absolute atomic E-state index is 0.261. The van der Waals surface area contributed by atoms with Gasteiger partial charge in [-0.15, -0.1) is 0 Å². The van der Waals surface area contributed by atoms with Gasteiger partial charge in [0.05, 0.1) is 25.9 Å². The lowest BCUT2D eigenvalue weighted by molar-refractivity contribution is 0.0585. The normalized spacial score (nSPS) is 12.6. The third kappa shape index (κ3) is 5.72. The summed E-state index contributed by atoms with van der Waals surface area (Å²) in [6.07, 6.45) is 1.12. The standard InChI is InChI=1S/C16H27NO2/c1-5-8-17-16(12-19-10-9-18-4)15-7-6-13(2)11-14(15)3/h6-7,11,16-17H,5,8-10,12H2,1-4H3. The van der Waals surface area contributed by atoms with Crippen molar-refractivity contribution in [3.05, 3.63) is 34.9 Å². The second-order valence-electron chi connectivity index (χ2n) is 4.93. The highest BCUT2D eigenvalue weighted by Gasteiger charge is 2.13. The van der Waals surface area contributed by atoms with Crippen molar-refractivity contribution >= 4 is 0 Å². The van der Waals surface area contributed by atoms with E-state index in [4.69, 9.17) is 9.47 Å². The van der Waals surface area contributed by atoms with Crippen LogP contribution in [-0.2, 0) is 9.47 Å².